The molecule has 2 aromatic carbocycles. The summed E-state index contributed by atoms with van der Waals surface area (Å²) in [5, 5.41) is 0. The first-order valence-electron chi connectivity index (χ1n) is 6.44. The number of carbonyl (C=O) groups excluding carboxylic acids is 2. The first-order chi connectivity index (χ1) is 10.1. The lowest BCUT2D eigenvalue weighted by molar-refractivity contribution is 0.102. The van der Waals surface area contributed by atoms with Gasteiger partial charge < -0.3 is 9.47 Å². The SMILES string of the molecule is COc1ccc(C(=O)c2cccc(C)c2C=O)cc1OC. The molecular weight excluding hydrogens is 268 g/mol. The summed E-state index contributed by atoms with van der Waals surface area (Å²) < 4.78 is 10.3. The molecule has 21 heavy (non-hydrogen) atoms. The highest BCUT2D eigenvalue weighted by molar-refractivity contribution is 6.13. The summed E-state index contributed by atoms with van der Waals surface area (Å²) in [5.74, 6) is 0.805. The van der Waals surface area contributed by atoms with Crippen LogP contribution in [0.5, 0.6) is 11.5 Å². The summed E-state index contributed by atoms with van der Waals surface area (Å²) in [5.41, 5.74) is 2.02. The van der Waals surface area contributed by atoms with Crippen molar-refractivity contribution in [1.29, 1.82) is 0 Å². The Morgan fingerprint density at radius 3 is 2.38 bits per heavy atom. The molecule has 0 amide bonds. The highest BCUT2D eigenvalue weighted by Crippen LogP contribution is 2.29. The zero-order valence-electron chi connectivity index (χ0n) is 12.2. The van der Waals surface area contributed by atoms with Crippen molar-refractivity contribution in [3.63, 3.8) is 0 Å². The van der Waals surface area contributed by atoms with E-state index < -0.39 is 0 Å². The number of carbonyl (C=O) groups is 2. The van der Waals surface area contributed by atoms with E-state index in [2.05, 4.69) is 0 Å². The number of hydrogen-bond donors (Lipinski definition) is 0. The molecule has 0 aliphatic heterocycles. The second-order valence-electron chi connectivity index (χ2n) is 4.55. The molecule has 4 heteroatoms. The van der Waals surface area contributed by atoms with Gasteiger partial charge in [0.2, 0.25) is 0 Å². The predicted octanol–water partition coefficient (Wildman–Crippen LogP) is 3.06. The number of rotatable bonds is 5. The third-order valence-corrected chi connectivity index (χ3v) is 3.33. The van der Waals surface area contributed by atoms with Crippen molar-refractivity contribution in [2.75, 3.05) is 14.2 Å². The van der Waals surface area contributed by atoms with Crippen molar-refractivity contribution in [3.05, 3.63) is 58.7 Å². The largest absolute Gasteiger partial charge is 0.493 e. The standard InChI is InChI=1S/C17H16O4/c1-11-5-4-6-13(14(11)10-18)17(19)12-7-8-15(20-2)16(9-12)21-3/h4-10H,1-3H3. The molecule has 0 aromatic heterocycles. The number of ketones is 1. The second-order valence-corrected chi connectivity index (χ2v) is 4.55. The molecule has 0 aliphatic carbocycles. The molecule has 0 fully saturated rings. The van der Waals surface area contributed by atoms with Crippen LogP contribution < -0.4 is 9.47 Å². The van der Waals surface area contributed by atoms with E-state index in [-0.39, 0.29) is 5.78 Å². The van der Waals surface area contributed by atoms with Gasteiger partial charge in [0.25, 0.3) is 0 Å². The Morgan fingerprint density at radius 1 is 1.05 bits per heavy atom. The lowest BCUT2D eigenvalue weighted by Gasteiger charge is -2.10. The molecule has 0 aliphatic rings. The summed E-state index contributed by atoms with van der Waals surface area (Å²) in [6.45, 7) is 1.80. The lowest BCUT2D eigenvalue weighted by atomic mass is 9.96. The molecule has 0 heterocycles. The van der Waals surface area contributed by atoms with Crippen LogP contribution in [0.15, 0.2) is 36.4 Å². The van der Waals surface area contributed by atoms with Crippen LogP contribution in [-0.2, 0) is 0 Å². The van der Waals surface area contributed by atoms with E-state index in [4.69, 9.17) is 9.47 Å². The van der Waals surface area contributed by atoms with Gasteiger partial charge in [-0.05, 0) is 30.7 Å². The fraction of sp³-hybridized carbons (Fsp3) is 0.176. The number of ether oxygens (including phenoxy) is 2. The molecule has 0 saturated carbocycles. The monoisotopic (exact) mass is 284 g/mol. The number of aldehydes is 1. The van der Waals surface area contributed by atoms with Gasteiger partial charge in [0.1, 0.15) is 0 Å². The third-order valence-electron chi connectivity index (χ3n) is 3.33. The Labute approximate surface area is 123 Å². The molecule has 0 bridgehead atoms. The topological polar surface area (TPSA) is 52.6 Å². The molecule has 2 aromatic rings. The number of hydrogen-bond acceptors (Lipinski definition) is 4. The molecule has 108 valence electrons. The molecule has 0 radical (unpaired) electrons. The van der Waals surface area contributed by atoms with Gasteiger partial charge in [-0.2, -0.15) is 0 Å². The first kappa shape index (κ1) is 14.8. The quantitative estimate of drug-likeness (QED) is 0.625. The minimum Gasteiger partial charge on any atom is -0.493 e. The Morgan fingerprint density at radius 2 is 1.76 bits per heavy atom. The van der Waals surface area contributed by atoms with Gasteiger partial charge in [-0.1, -0.05) is 18.2 Å². The van der Waals surface area contributed by atoms with Crippen LogP contribution in [0, 0.1) is 6.92 Å². The van der Waals surface area contributed by atoms with Gasteiger partial charge in [0.05, 0.1) is 14.2 Å². The van der Waals surface area contributed by atoms with Crippen LogP contribution in [-0.4, -0.2) is 26.3 Å². The second kappa shape index (κ2) is 6.22. The van der Waals surface area contributed by atoms with E-state index in [1.165, 1.54) is 14.2 Å². The Hall–Kier alpha value is -2.62. The first-order valence-corrected chi connectivity index (χ1v) is 6.44. The van der Waals surface area contributed by atoms with E-state index >= 15 is 0 Å². The summed E-state index contributed by atoms with van der Waals surface area (Å²) in [6, 6.07) is 10.1. The number of aryl methyl sites for hydroxylation is 1. The smallest absolute Gasteiger partial charge is 0.193 e. The van der Waals surface area contributed by atoms with E-state index in [0.717, 1.165) is 5.56 Å². The average molecular weight is 284 g/mol. The maximum Gasteiger partial charge on any atom is 0.193 e. The summed E-state index contributed by atoms with van der Waals surface area (Å²) in [7, 11) is 3.04. The minimum absolute atomic E-state index is 0.221. The maximum atomic E-state index is 12.6. The summed E-state index contributed by atoms with van der Waals surface area (Å²) in [6.07, 6.45) is 0.712. The lowest BCUT2D eigenvalue weighted by Crippen LogP contribution is -2.07. The van der Waals surface area contributed by atoms with Gasteiger partial charge in [0.15, 0.2) is 23.6 Å². The fourth-order valence-corrected chi connectivity index (χ4v) is 2.17. The van der Waals surface area contributed by atoms with Gasteiger partial charge in [-0.25, -0.2) is 0 Å². The van der Waals surface area contributed by atoms with Crippen molar-refractivity contribution in [3.8, 4) is 11.5 Å². The molecule has 2 rings (SSSR count). The molecule has 0 spiro atoms. The van der Waals surface area contributed by atoms with Crippen molar-refractivity contribution < 1.29 is 19.1 Å². The zero-order valence-corrected chi connectivity index (χ0v) is 12.2. The minimum atomic E-state index is -0.221. The Bertz CT molecular complexity index is 689. The van der Waals surface area contributed by atoms with Crippen molar-refractivity contribution in [1.82, 2.24) is 0 Å². The molecule has 0 atom stereocenters. The average Bonchev–Trinajstić information content (AvgIpc) is 2.53. The molecule has 0 N–H and O–H groups in total. The number of methoxy groups -OCH3 is 2. The molecule has 0 saturated heterocycles. The van der Waals surface area contributed by atoms with Crippen LogP contribution in [0.4, 0.5) is 0 Å². The van der Waals surface area contributed by atoms with Gasteiger partial charge in [0, 0.05) is 16.7 Å². The van der Waals surface area contributed by atoms with Crippen molar-refractivity contribution in [2.45, 2.75) is 6.92 Å². The van der Waals surface area contributed by atoms with Crippen LogP contribution in [0.3, 0.4) is 0 Å². The Balaban J connectivity index is 2.50. The van der Waals surface area contributed by atoms with Crippen LogP contribution >= 0.6 is 0 Å². The van der Waals surface area contributed by atoms with Gasteiger partial charge in [-0.15, -0.1) is 0 Å². The highest BCUT2D eigenvalue weighted by atomic mass is 16.5. The molecule has 0 unspecified atom stereocenters. The van der Waals surface area contributed by atoms with Gasteiger partial charge in [-0.3, -0.25) is 9.59 Å². The van der Waals surface area contributed by atoms with E-state index in [0.29, 0.717) is 34.5 Å². The zero-order chi connectivity index (χ0) is 15.4. The van der Waals surface area contributed by atoms with Crippen LogP contribution in [0.25, 0.3) is 0 Å². The maximum absolute atomic E-state index is 12.6. The summed E-state index contributed by atoms with van der Waals surface area (Å²) >= 11 is 0. The van der Waals surface area contributed by atoms with E-state index in [1.807, 2.05) is 0 Å². The Kier molecular flexibility index (Phi) is 4.38. The molecular formula is C17H16O4. The van der Waals surface area contributed by atoms with Crippen LogP contribution in [0.2, 0.25) is 0 Å². The number of benzene rings is 2. The highest BCUT2D eigenvalue weighted by Gasteiger charge is 2.16. The van der Waals surface area contributed by atoms with Crippen molar-refractivity contribution >= 4 is 12.1 Å². The fourth-order valence-electron chi connectivity index (χ4n) is 2.17. The molecule has 4 nitrogen and oxygen atoms in total. The summed E-state index contributed by atoms with van der Waals surface area (Å²) in [4.78, 5) is 23.8. The van der Waals surface area contributed by atoms with Gasteiger partial charge >= 0.3 is 0 Å². The van der Waals surface area contributed by atoms with E-state index in [9.17, 15) is 9.59 Å². The third kappa shape index (κ3) is 2.79. The van der Waals surface area contributed by atoms with E-state index in [1.54, 1.807) is 43.3 Å². The predicted molar refractivity (Wildman–Crippen MR) is 79.5 cm³/mol. The van der Waals surface area contributed by atoms with Crippen LogP contribution in [0.1, 0.15) is 31.8 Å². The van der Waals surface area contributed by atoms with Crippen molar-refractivity contribution in [2.24, 2.45) is 0 Å². The normalized spacial score (nSPS) is 10.0.